The van der Waals surface area contributed by atoms with Gasteiger partial charge in [-0.15, -0.1) is 0 Å². The van der Waals surface area contributed by atoms with Gasteiger partial charge in [0.1, 0.15) is 6.04 Å². The molecule has 0 aliphatic rings. The van der Waals surface area contributed by atoms with E-state index in [-0.39, 0.29) is 11.8 Å². The summed E-state index contributed by atoms with van der Waals surface area (Å²) in [6.07, 6.45) is 0.545. The summed E-state index contributed by atoms with van der Waals surface area (Å²) >= 11 is 0. The Morgan fingerprint density at radius 1 is 1.26 bits per heavy atom. The lowest BCUT2D eigenvalue weighted by molar-refractivity contribution is -0.143. The molecule has 0 saturated carbocycles. The summed E-state index contributed by atoms with van der Waals surface area (Å²) < 4.78 is 4.78. The predicted molar refractivity (Wildman–Crippen MR) is 90.5 cm³/mol. The number of esters is 1. The van der Waals surface area contributed by atoms with Gasteiger partial charge in [-0.05, 0) is 49.9 Å². The highest BCUT2D eigenvalue weighted by atomic mass is 16.5. The van der Waals surface area contributed by atoms with Crippen LogP contribution in [0, 0.1) is 19.8 Å². The minimum atomic E-state index is -0.628. The van der Waals surface area contributed by atoms with Gasteiger partial charge in [-0.25, -0.2) is 4.79 Å². The number of hydrogen-bond acceptors (Lipinski definition) is 3. The maximum atomic E-state index is 12.5. The van der Waals surface area contributed by atoms with Crippen LogP contribution in [-0.2, 0) is 9.53 Å². The molecule has 1 amide bonds. The number of fused-ring (bicyclic) bond motifs is 1. The van der Waals surface area contributed by atoms with E-state index in [2.05, 4.69) is 10.3 Å². The van der Waals surface area contributed by atoms with Crippen molar-refractivity contribution in [2.24, 2.45) is 5.92 Å². The number of ether oxygens (including phenoxy) is 1. The third-order valence-electron chi connectivity index (χ3n) is 4.07. The highest BCUT2D eigenvalue weighted by Crippen LogP contribution is 2.22. The number of carbonyl (C=O) groups is 2. The summed E-state index contributed by atoms with van der Waals surface area (Å²) in [6.45, 7) is 8.02. The lowest BCUT2D eigenvalue weighted by Gasteiger charge is -2.18. The molecule has 0 aliphatic heterocycles. The first kappa shape index (κ1) is 17.1. The average Bonchev–Trinajstić information content (AvgIpc) is 2.79. The van der Waals surface area contributed by atoms with Crippen LogP contribution in [-0.4, -0.2) is 30.0 Å². The smallest absolute Gasteiger partial charge is 0.328 e. The van der Waals surface area contributed by atoms with Crippen LogP contribution in [0.2, 0.25) is 0 Å². The second kappa shape index (κ2) is 6.86. The van der Waals surface area contributed by atoms with Crippen molar-refractivity contribution in [1.29, 1.82) is 0 Å². The zero-order valence-electron chi connectivity index (χ0n) is 14.3. The largest absolute Gasteiger partial charge is 0.467 e. The van der Waals surface area contributed by atoms with Gasteiger partial charge in [-0.1, -0.05) is 13.8 Å². The summed E-state index contributed by atoms with van der Waals surface area (Å²) in [6, 6.07) is 4.88. The molecular weight excluding hydrogens is 292 g/mol. The molecule has 2 aromatic rings. The number of methoxy groups -OCH3 is 1. The number of hydrogen-bond donors (Lipinski definition) is 2. The number of aromatic nitrogens is 1. The highest BCUT2D eigenvalue weighted by molar-refractivity contribution is 6.00. The van der Waals surface area contributed by atoms with Crippen LogP contribution < -0.4 is 5.32 Å². The molecule has 5 nitrogen and oxygen atoms in total. The average molecular weight is 316 g/mol. The second-order valence-corrected chi connectivity index (χ2v) is 6.31. The fraction of sp³-hybridized carbons (Fsp3) is 0.444. The monoisotopic (exact) mass is 316 g/mol. The van der Waals surface area contributed by atoms with Crippen molar-refractivity contribution in [2.75, 3.05) is 7.11 Å². The molecule has 0 bridgehead atoms. The molecule has 0 radical (unpaired) electrons. The summed E-state index contributed by atoms with van der Waals surface area (Å²) in [7, 11) is 1.33. The van der Waals surface area contributed by atoms with Crippen molar-refractivity contribution in [3.8, 4) is 0 Å². The Morgan fingerprint density at radius 3 is 2.57 bits per heavy atom. The van der Waals surface area contributed by atoms with E-state index in [0.29, 0.717) is 12.0 Å². The number of rotatable bonds is 5. The van der Waals surface area contributed by atoms with Crippen molar-refractivity contribution in [3.05, 3.63) is 35.0 Å². The quantitative estimate of drug-likeness (QED) is 0.833. The van der Waals surface area contributed by atoms with E-state index in [1.54, 1.807) is 6.07 Å². The fourth-order valence-electron chi connectivity index (χ4n) is 2.67. The maximum Gasteiger partial charge on any atom is 0.328 e. The van der Waals surface area contributed by atoms with Crippen molar-refractivity contribution in [2.45, 2.75) is 40.2 Å². The Hall–Kier alpha value is -2.30. The zero-order chi connectivity index (χ0) is 17.1. The molecule has 0 saturated heterocycles. The van der Waals surface area contributed by atoms with Gasteiger partial charge in [0, 0.05) is 22.2 Å². The molecular formula is C18H24N2O3. The molecule has 0 unspecified atom stereocenters. The molecule has 0 spiro atoms. The van der Waals surface area contributed by atoms with Gasteiger partial charge in [0.2, 0.25) is 0 Å². The van der Waals surface area contributed by atoms with Crippen LogP contribution in [0.25, 0.3) is 10.9 Å². The SMILES string of the molecule is COC(=O)[C@H](CC(C)C)NC(=O)c1ccc2[nH]c(C)c(C)c2c1. The van der Waals surface area contributed by atoms with E-state index in [0.717, 1.165) is 22.2 Å². The lowest BCUT2D eigenvalue weighted by Crippen LogP contribution is -2.42. The topological polar surface area (TPSA) is 71.2 Å². The van der Waals surface area contributed by atoms with E-state index in [9.17, 15) is 9.59 Å². The van der Waals surface area contributed by atoms with Crippen LogP contribution in [0.15, 0.2) is 18.2 Å². The third kappa shape index (κ3) is 3.73. The first-order valence-corrected chi connectivity index (χ1v) is 7.81. The Bertz CT molecular complexity index is 731. The van der Waals surface area contributed by atoms with Crippen molar-refractivity contribution >= 4 is 22.8 Å². The van der Waals surface area contributed by atoms with Crippen molar-refractivity contribution < 1.29 is 14.3 Å². The van der Waals surface area contributed by atoms with Gasteiger partial charge in [0.25, 0.3) is 5.91 Å². The van der Waals surface area contributed by atoms with Crippen molar-refractivity contribution in [1.82, 2.24) is 10.3 Å². The van der Waals surface area contributed by atoms with Crippen LogP contribution in [0.4, 0.5) is 0 Å². The van der Waals surface area contributed by atoms with Gasteiger partial charge in [0.05, 0.1) is 7.11 Å². The number of benzene rings is 1. The first-order chi connectivity index (χ1) is 10.8. The van der Waals surface area contributed by atoms with E-state index in [4.69, 9.17) is 4.74 Å². The summed E-state index contributed by atoms with van der Waals surface area (Å²) in [4.78, 5) is 27.6. The lowest BCUT2D eigenvalue weighted by atomic mass is 10.0. The number of amides is 1. The number of aryl methyl sites for hydroxylation is 2. The standard InChI is InChI=1S/C18H24N2O3/c1-10(2)8-16(18(22)23-5)20-17(21)13-6-7-15-14(9-13)11(3)12(4)19-15/h6-7,9-10,16,19H,8H2,1-5H3,(H,20,21)/t16-/m0/s1. The Labute approximate surface area is 136 Å². The van der Waals surface area contributed by atoms with Gasteiger partial charge < -0.3 is 15.0 Å². The molecule has 124 valence electrons. The molecule has 1 aromatic carbocycles. The van der Waals surface area contributed by atoms with Crippen LogP contribution in [0.1, 0.15) is 41.9 Å². The minimum absolute atomic E-state index is 0.263. The minimum Gasteiger partial charge on any atom is -0.467 e. The van der Waals surface area contributed by atoms with Crippen LogP contribution >= 0.6 is 0 Å². The Balaban J connectivity index is 2.24. The summed E-state index contributed by atoms with van der Waals surface area (Å²) in [5.41, 5.74) is 3.76. The Morgan fingerprint density at radius 2 is 1.96 bits per heavy atom. The summed E-state index contributed by atoms with van der Waals surface area (Å²) in [5.74, 6) is -0.403. The van der Waals surface area contributed by atoms with Crippen LogP contribution in [0.3, 0.4) is 0 Å². The maximum absolute atomic E-state index is 12.5. The first-order valence-electron chi connectivity index (χ1n) is 7.81. The number of nitrogens with one attached hydrogen (secondary N) is 2. The second-order valence-electron chi connectivity index (χ2n) is 6.31. The molecule has 2 rings (SSSR count). The number of H-pyrrole nitrogens is 1. The third-order valence-corrected chi connectivity index (χ3v) is 4.07. The molecule has 1 aromatic heterocycles. The van der Waals surface area contributed by atoms with E-state index in [1.807, 2.05) is 39.8 Å². The molecule has 1 atom stereocenters. The molecule has 23 heavy (non-hydrogen) atoms. The van der Waals surface area contributed by atoms with Gasteiger partial charge in [-0.3, -0.25) is 4.79 Å². The summed E-state index contributed by atoms with van der Waals surface area (Å²) in [5, 5.41) is 3.80. The van der Waals surface area contributed by atoms with Gasteiger partial charge >= 0.3 is 5.97 Å². The van der Waals surface area contributed by atoms with Gasteiger partial charge in [-0.2, -0.15) is 0 Å². The van der Waals surface area contributed by atoms with Crippen LogP contribution in [0.5, 0.6) is 0 Å². The fourth-order valence-corrected chi connectivity index (χ4v) is 2.67. The van der Waals surface area contributed by atoms with Gasteiger partial charge in [0.15, 0.2) is 0 Å². The zero-order valence-corrected chi connectivity index (χ0v) is 14.3. The predicted octanol–water partition coefficient (Wildman–Crippen LogP) is 3.10. The molecule has 2 N–H and O–H groups in total. The number of carbonyl (C=O) groups excluding carboxylic acids is 2. The molecule has 1 heterocycles. The van der Waals surface area contributed by atoms with Crippen molar-refractivity contribution in [3.63, 3.8) is 0 Å². The number of aromatic amines is 1. The normalized spacial score (nSPS) is 12.4. The Kier molecular flexibility index (Phi) is 5.08. The molecule has 0 fully saturated rings. The highest BCUT2D eigenvalue weighted by Gasteiger charge is 2.23. The van der Waals surface area contributed by atoms with E-state index in [1.165, 1.54) is 7.11 Å². The van der Waals surface area contributed by atoms with E-state index >= 15 is 0 Å². The molecule has 0 aliphatic carbocycles. The van der Waals surface area contributed by atoms with E-state index < -0.39 is 12.0 Å². The molecule has 5 heteroatoms.